The van der Waals surface area contributed by atoms with Crippen LogP contribution >= 0.6 is 0 Å². The Balaban J connectivity index is -0.0000000248. The fourth-order valence-electron chi connectivity index (χ4n) is 1.16. The molecule has 0 saturated heterocycles. The van der Waals surface area contributed by atoms with E-state index in [1.807, 2.05) is 6.92 Å². The van der Waals surface area contributed by atoms with E-state index in [9.17, 15) is 19.5 Å². The van der Waals surface area contributed by atoms with Crippen molar-refractivity contribution in [1.82, 2.24) is 5.32 Å². The molecule has 0 radical (unpaired) electrons. The van der Waals surface area contributed by atoms with E-state index in [2.05, 4.69) is 10.3 Å². The maximum absolute atomic E-state index is 10.4. The summed E-state index contributed by atoms with van der Waals surface area (Å²) in [6.07, 6.45) is 4.52. The van der Waals surface area contributed by atoms with Gasteiger partial charge in [-0.2, -0.15) is 0 Å². The first-order valence-electron chi connectivity index (χ1n) is 11.9. The van der Waals surface area contributed by atoms with E-state index in [0.29, 0.717) is 45.6 Å². The number of nitrogens with zero attached hydrogens (tertiary/aromatic N) is 1. The molecule has 12 heteroatoms. The van der Waals surface area contributed by atoms with Crippen molar-refractivity contribution in [3.05, 3.63) is 0 Å². The second-order valence-electron chi connectivity index (χ2n) is 7.84. The Kier molecular flexibility index (Phi) is 121. The zero-order valence-corrected chi connectivity index (χ0v) is 27.8. The standard InChI is InChI=1S/C7H13NO2.C5H11NO.C4H10N2.C4H9O.C2H8N2.C2H6O.4CH4.K.H2/c1-6(9)4-3-5-8-7(2)10;1-5(7)3-2-4-6;1-2-6-4-3-5;1-4(2,3)5;3-1-2-4;1-2-3;;;;;;/h3-5H2,1-2H3,(H,8,10);2-4,6H2,1H3;2H,3-5H2,1H3;1-3H3;1-4H2;3H,2H2,1H3;4*1H4;;1H/q;;;-1;;;;;;;+1;. The molecule has 0 aromatic carbocycles. The minimum absolute atomic E-state index is 0. The summed E-state index contributed by atoms with van der Waals surface area (Å²) in [4.78, 5) is 34.7. The molecule has 248 valence electrons. The number of carbonyl (C=O) groups excluding carboxylic acids is 3. The molecular weight excluding hydrogens is 539 g/mol. The van der Waals surface area contributed by atoms with Crippen LogP contribution in [0.1, 0.15) is 112 Å². The van der Waals surface area contributed by atoms with Crippen molar-refractivity contribution >= 4 is 23.7 Å². The Morgan fingerprint density at radius 1 is 0.850 bits per heavy atom. The number of aliphatic hydroxyl groups is 1. The third-order valence-corrected chi connectivity index (χ3v) is 2.42. The third-order valence-electron chi connectivity index (χ3n) is 2.42. The van der Waals surface area contributed by atoms with Gasteiger partial charge in [0.15, 0.2) is 0 Å². The Labute approximate surface area is 294 Å². The van der Waals surface area contributed by atoms with Crippen LogP contribution in [0.5, 0.6) is 0 Å². The molecule has 0 atom stereocenters. The second-order valence-corrected chi connectivity index (χ2v) is 7.84. The van der Waals surface area contributed by atoms with Gasteiger partial charge in [0.05, 0.1) is 6.54 Å². The number of carbonyl (C=O) groups is 3. The van der Waals surface area contributed by atoms with Gasteiger partial charge in [-0.25, -0.2) is 0 Å². The number of aliphatic hydroxyl groups excluding tert-OH is 1. The molecule has 0 aliphatic rings. The summed E-state index contributed by atoms with van der Waals surface area (Å²) >= 11 is 0. The van der Waals surface area contributed by atoms with Gasteiger partial charge in [-0.1, -0.05) is 50.5 Å². The molecule has 0 fully saturated rings. The maximum atomic E-state index is 10.4. The molecule has 0 unspecified atom stereocenters. The minimum atomic E-state index is -0.750. The van der Waals surface area contributed by atoms with Crippen LogP contribution < -0.4 is 84.7 Å². The quantitative estimate of drug-likeness (QED) is 0.108. The van der Waals surface area contributed by atoms with Crippen molar-refractivity contribution in [2.75, 3.05) is 45.9 Å². The van der Waals surface area contributed by atoms with E-state index in [4.69, 9.17) is 28.0 Å². The normalized spacial score (nSPS) is 8.05. The van der Waals surface area contributed by atoms with Gasteiger partial charge in [0.1, 0.15) is 11.6 Å². The number of nitrogens with two attached hydrogens (primary N) is 4. The molecule has 0 aliphatic carbocycles. The Morgan fingerprint density at radius 2 is 1.18 bits per heavy atom. The SMILES string of the molecule is C.C.C.C.CC(=O)CCCN.CC(=O)CCCNC(C)=O.CC(C)(C)[O-].CC=NCCN.CCO.NCCN.[HH].[K+]. The summed E-state index contributed by atoms with van der Waals surface area (Å²) in [5.74, 6) is 0.361. The van der Waals surface area contributed by atoms with Crippen LogP contribution in [0.3, 0.4) is 0 Å². The predicted octanol–water partition coefficient (Wildman–Crippen LogP) is -0.316. The zero-order valence-electron chi connectivity index (χ0n) is 24.7. The average molecular weight is 615 g/mol. The van der Waals surface area contributed by atoms with Crippen LogP contribution in [0.15, 0.2) is 4.99 Å². The predicted molar refractivity (Wildman–Crippen MR) is 175 cm³/mol. The van der Waals surface area contributed by atoms with Crippen LogP contribution in [0.2, 0.25) is 0 Å². The molecule has 0 bridgehead atoms. The van der Waals surface area contributed by atoms with Crippen LogP contribution in [0.4, 0.5) is 0 Å². The Morgan fingerprint density at radius 3 is 1.32 bits per heavy atom. The van der Waals surface area contributed by atoms with Gasteiger partial charge in [-0.05, 0) is 53.3 Å². The number of amides is 1. The molecule has 0 aliphatic heterocycles. The van der Waals surface area contributed by atoms with Crippen molar-refractivity contribution in [2.24, 2.45) is 27.9 Å². The number of ketones is 2. The van der Waals surface area contributed by atoms with Crippen molar-refractivity contribution in [2.45, 2.75) is 116 Å². The number of hydrogen-bond donors (Lipinski definition) is 6. The molecular formula is C28H75KN6O5. The monoisotopic (exact) mass is 615 g/mol. The summed E-state index contributed by atoms with van der Waals surface area (Å²) in [5.41, 5.74) is 19.3. The largest absolute Gasteiger partial charge is 1.00 e. The summed E-state index contributed by atoms with van der Waals surface area (Å²) in [6.45, 7) is 17.1. The minimum Gasteiger partial charge on any atom is -0.850 e. The van der Waals surface area contributed by atoms with Crippen molar-refractivity contribution in [1.29, 1.82) is 0 Å². The van der Waals surface area contributed by atoms with Gasteiger partial charge in [-0.15, -0.1) is 5.60 Å². The maximum Gasteiger partial charge on any atom is 1.00 e. The average Bonchev–Trinajstić information content (AvgIpc) is 2.74. The molecule has 0 saturated carbocycles. The molecule has 0 spiro atoms. The van der Waals surface area contributed by atoms with E-state index in [-0.39, 0.29) is 107 Å². The smallest absolute Gasteiger partial charge is 0.850 e. The summed E-state index contributed by atoms with van der Waals surface area (Å²) in [7, 11) is 0. The van der Waals surface area contributed by atoms with Crippen LogP contribution in [0, 0.1) is 0 Å². The summed E-state index contributed by atoms with van der Waals surface area (Å²) in [6, 6.07) is 0. The molecule has 11 nitrogen and oxygen atoms in total. The number of Topliss-reactive ketones (excluding diaryl/α,β-unsaturated/α-hetero) is 2. The van der Waals surface area contributed by atoms with Crippen molar-refractivity contribution in [3.8, 4) is 0 Å². The Bertz CT molecular complexity index is 448. The van der Waals surface area contributed by atoms with Gasteiger partial charge >= 0.3 is 51.4 Å². The van der Waals surface area contributed by atoms with Gasteiger partial charge in [0, 0.05) is 54.0 Å². The second kappa shape index (κ2) is 66.9. The fraction of sp³-hybridized carbons (Fsp3) is 0.857. The summed E-state index contributed by atoms with van der Waals surface area (Å²) < 4.78 is 0. The Hall–Kier alpha value is -0.124. The van der Waals surface area contributed by atoms with E-state index in [0.717, 1.165) is 19.4 Å². The third kappa shape index (κ3) is 233. The van der Waals surface area contributed by atoms with Crippen LogP contribution in [-0.4, -0.2) is 80.3 Å². The fourth-order valence-corrected chi connectivity index (χ4v) is 1.16. The number of hydrogen-bond acceptors (Lipinski definition) is 10. The van der Waals surface area contributed by atoms with Gasteiger partial charge in [0.2, 0.25) is 5.91 Å². The number of rotatable bonds is 10. The zero-order chi connectivity index (χ0) is 29.1. The van der Waals surface area contributed by atoms with Crippen molar-refractivity contribution in [3.63, 3.8) is 0 Å². The van der Waals surface area contributed by atoms with Gasteiger partial charge in [0.25, 0.3) is 0 Å². The molecule has 10 N–H and O–H groups in total. The molecule has 0 heterocycles. The van der Waals surface area contributed by atoms with Crippen molar-refractivity contribution < 1.29 is 77.4 Å². The first-order valence-corrected chi connectivity index (χ1v) is 11.9. The molecule has 0 aromatic heterocycles. The van der Waals surface area contributed by atoms with E-state index >= 15 is 0 Å². The van der Waals surface area contributed by atoms with E-state index in [1.54, 1.807) is 47.8 Å². The summed E-state index contributed by atoms with van der Waals surface area (Å²) in [5, 5.41) is 20.3. The van der Waals surface area contributed by atoms with Gasteiger partial charge < -0.3 is 48.1 Å². The molecule has 1 amide bonds. The van der Waals surface area contributed by atoms with E-state index in [1.165, 1.54) is 6.92 Å². The van der Waals surface area contributed by atoms with E-state index < -0.39 is 5.60 Å². The van der Waals surface area contributed by atoms with Gasteiger partial charge in [-0.3, -0.25) is 9.79 Å². The molecule has 0 rings (SSSR count). The number of aliphatic imine (C=N–C) groups is 1. The molecule has 0 aromatic rings. The molecule has 40 heavy (non-hydrogen) atoms. The van der Waals surface area contributed by atoms with Crippen LogP contribution in [0.25, 0.3) is 0 Å². The topological polar surface area (TPSA) is 223 Å². The first kappa shape index (κ1) is 72.3. The number of nitrogens with one attached hydrogen (secondary N) is 1. The first-order chi connectivity index (χ1) is 16.1. The van der Waals surface area contributed by atoms with Crippen LogP contribution in [-0.2, 0) is 14.4 Å².